The fraction of sp³-hybridized carbons (Fsp3) is 0.857. The molecular weight excluding hydrogens is 126 g/mol. The smallest absolute Gasteiger partial charge is 0.186 e. The summed E-state index contributed by atoms with van der Waals surface area (Å²) in [6.07, 6.45) is 3.92. The van der Waals surface area contributed by atoms with Gasteiger partial charge in [0.1, 0.15) is 0 Å². The van der Waals surface area contributed by atoms with Gasteiger partial charge in [-0.15, -0.1) is 0 Å². The SMILES string of the molecule is CC(N=C(N)N)C1CCC1. The fourth-order valence-electron chi connectivity index (χ4n) is 1.26. The normalized spacial score (nSPS) is 21.3. The lowest BCUT2D eigenvalue weighted by Gasteiger charge is -2.28. The fourth-order valence-corrected chi connectivity index (χ4v) is 1.26. The molecule has 1 aliphatic rings. The third kappa shape index (κ3) is 1.62. The number of hydrogen-bond acceptors (Lipinski definition) is 1. The van der Waals surface area contributed by atoms with Gasteiger partial charge in [0.25, 0.3) is 0 Å². The van der Waals surface area contributed by atoms with Crippen LogP contribution in [0.1, 0.15) is 26.2 Å². The zero-order valence-corrected chi connectivity index (χ0v) is 6.38. The summed E-state index contributed by atoms with van der Waals surface area (Å²) in [5, 5.41) is 0. The first-order valence-corrected chi connectivity index (χ1v) is 3.79. The van der Waals surface area contributed by atoms with Crippen molar-refractivity contribution in [3.63, 3.8) is 0 Å². The minimum Gasteiger partial charge on any atom is -0.370 e. The molecule has 0 saturated heterocycles. The molecule has 0 heterocycles. The molecule has 10 heavy (non-hydrogen) atoms. The Labute approximate surface area is 61.5 Å². The maximum atomic E-state index is 5.24. The largest absolute Gasteiger partial charge is 0.370 e. The summed E-state index contributed by atoms with van der Waals surface area (Å²) in [6.45, 7) is 2.07. The van der Waals surface area contributed by atoms with Crippen molar-refractivity contribution >= 4 is 5.96 Å². The number of nitrogens with two attached hydrogens (primary N) is 2. The molecular formula is C7H15N3. The van der Waals surface area contributed by atoms with Crippen LogP contribution in [0, 0.1) is 5.92 Å². The van der Waals surface area contributed by atoms with Gasteiger partial charge in [0, 0.05) is 0 Å². The standard InChI is InChI=1S/C7H15N3/c1-5(10-7(8)9)6-3-2-4-6/h5-6H,2-4H2,1H3,(H4,8,9,10). The van der Waals surface area contributed by atoms with E-state index in [0.29, 0.717) is 6.04 Å². The molecule has 0 aromatic rings. The van der Waals surface area contributed by atoms with Crippen LogP contribution in [-0.4, -0.2) is 12.0 Å². The van der Waals surface area contributed by atoms with Crippen molar-refractivity contribution in [2.45, 2.75) is 32.2 Å². The molecule has 0 aliphatic heterocycles. The Hall–Kier alpha value is -0.730. The number of aliphatic imine (C=N–C) groups is 1. The molecule has 1 unspecified atom stereocenters. The van der Waals surface area contributed by atoms with E-state index in [1.54, 1.807) is 0 Å². The topological polar surface area (TPSA) is 64.4 Å². The van der Waals surface area contributed by atoms with E-state index in [1.807, 2.05) is 0 Å². The molecule has 0 aromatic heterocycles. The summed E-state index contributed by atoms with van der Waals surface area (Å²) < 4.78 is 0. The summed E-state index contributed by atoms with van der Waals surface area (Å²) in [5.41, 5.74) is 10.5. The molecule has 0 amide bonds. The Kier molecular flexibility index (Phi) is 2.14. The zero-order valence-electron chi connectivity index (χ0n) is 6.38. The predicted octanol–water partition coefficient (Wildman–Crippen LogP) is 0.448. The number of rotatable bonds is 2. The highest BCUT2D eigenvalue weighted by atomic mass is 15.0. The van der Waals surface area contributed by atoms with E-state index >= 15 is 0 Å². The van der Waals surface area contributed by atoms with Crippen LogP contribution in [0.5, 0.6) is 0 Å². The van der Waals surface area contributed by atoms with Gasteiger partial charge in [-0.2, -0.15) is 0 Å². The van der Waals surface area contributed by atoms with Gasteiger partial charge in [-0.25, -0.2) is 0 Å². The Morgan fingerprint density at radius 2 is 2.10 bits per heavy atom. The first-order valence-electron chi connectivity index (χ1n) is 3.79. The van der Waals surface area contributed by atoms with Gasteiger partial charge in [-0.3, -0.25) is 4.99 Å². The third-order valence-corrected chi connectivity index (χ3v) is 2.18. The summed E-state index contributed by atoms with van der Waals surface area (Å²) in [4.78, 5) is 4.07. The van der Waals surface area contributed by atoms with E-state index in [2.05, 4.69) is 11.9 Å². The Morgan fingerprint density at radius 1 is 1.50 bits per heavy atom. The van der Waals surface area contributed by atoms with Crippen molar-refractivity contribution in [3.05, 3.63) is 0 Å². The van der Waals surface area contributed by atoms with Crippen molar-refractivity contribution in [1.29, 1.82) is 0 Å². The van der Waals surface area contributed by atoms with Crippen LogP contribution < -0.4 is 11.5 Å². The van der Waals surface area contributed by atoms with E-state index in [9.17, 15) is 0 Å². The van der Waals surface area contributed by atoms with Crippen LogP contribution in [0.3, 0.4) is 0 Å². The molecule has 1 fully saturated rings. The zero-order chi connectivity index (χ0) is 7.56. The maximum absolute atomic E-state index is 5.24. The van der Waals surface area contributed by atoms with Gasteiger partial charge < -0.3 is 11.5 Å². The quantitative estimate of drug-likeness (QED) is 0.433. The van der Waals surface area contributed by atoms with Gasteiger partial charge >= 0.3 is 0 Å². The van der Waals surface area contributed by atoms with Crippen molar-refractivity contribution in [3.8, 4) is 0 Å². The Bertz CT molecular complexity index is 134. The van der Waals surface area contributed by atoms with E-state index in [0.717, 1.165) is 5.92 Å². The van der Waals surface area contributed by atoms with Crippen LogP contribution in [0.2, 0.25) is 0 Å². The molecule has 3 nitrogen and oxygen atoms in total. The molecule has 0 aromatic carbocycles. The lowest BCUT2D eigenvalue weighted by atomic mass is 9.81. The summed E-state index contributed by atoms with van der Waals surface area (Å²) >= 11 is 0. The summed E-state index contributed by atoms with van der Waals surface area (Å²) in [6, 6.07) is 0.332. The van der Waals surface area contributed by atoms with E-state index in [1.165, 1.54) is 19.3 Å². The van der Waals surface area contributed by atoms with Crippen molar-refractivity contribution < 1.29 is 0 Å². The summed E-state index contributed by atoms with van der Waals surface area (Å²) in [7, 11) is 0. The van der Waals surface area contributed by atoms with Crippen molar-refractivity contribution in [1.82, 2.24) is 0 Å². The van der Waals surface area contributed by atoms with Crippen molar-refractivity contribution in [2.24, 2.45) is 22.4 Å². The molecule has 0 radical (unpaired) electrons. The highest BCUT2D eigenvalue weighted by molar-refractivity contribution is 5.75. The minimum absolute atomic E-state index is 0.222. The highest BCUT2D eigenvalue weighted by Crippen LogP contribution is 2.30. The highest BCUT2D eigenvalue weighted by Gasteiger charge is 2.23. The molecule has 58 valence electrons. The van der Waals surface area contributed by atoms with Crippen molar-refractivity contribution in [2.75, 3.05) is 0 Å². The van der Waals surface area contributed by atoms with Crippen LogP contribution in [-0.2, 0) is 0 Å². The van der Waals surface area contributed by atoms with Gasteiger partial charge in [-0.05, 0) is 25.7 Å². The number of guanidine groups is 1. The average molecular weight is 141 g/mol. The second-order valence-corrected chi connectivity index (χ2v) is 2.99. The Morgan fingerprint density at radius 3 is 2.40 bits per heavy atom. The monoisotopic (exact) mass is 141 g/mol. The maximum Gasteiger partial charge on any atom is 0.186 e. The Balaban J connectivity index is 2.33. The lowest BCUT2D eigenvalue weighted by Crippen LogP contribution is -2.29. The molecule has 1 atom stereocenters. The number of nitrogens with zero attached hydrogens (tertiary/aromatic N) is 1. The molecule has 0 bridgehead atoms. The van der Waals surface area contributed by atoms with Crippen LogP contribution in [0.15, 0.2) is 4.99 Å². The first kappa shape index (κ1) is 7.38. The van der Waals surface area contributed by atoms with E-state index < -0.39 is 0 Å². The van der Waals surface area contributed by atoms with E-state index in [-0.39, 0.29) is 5.96 Å². The van der Waals surface area contributed by atoms with Crippen LogP contribution >= 0.6 is 0 Å². The molecule has 1 aliphatic carbocycles. The van der Waals surface area contributed by atoms with Crippen LogP contribution in [0.25, 0.3) is 0 Å². The molecule has 1 rings (SSSR count). The molecule has 1 saturated carbocycles. The molecule has 3 heteroatoms. The van der Waals surface area contributed by atoms with Gasteiger partial charge in [0.2, 0.25) is 0 Å². The second kappa shape index (κ2) is 2.90. The third-order valence-electron chi connectivity index (χ3n) is 2.18. The summed E-state index contributed by atoms with van der Waals surface area (Å²) in [5.74, 6) is 0.960. The average Bonchev–Trinajstić information content (AvgIpc) is 1.55. The van der Waals surface area contributed by atoms with E-state index in [4.69, 9.17) is 11.5 Å². The van der Waals surface area contributed by atoms with Gasteiger partial charge in [0.15, 0.2) is 5.96 Å². The molecule has 0 spiro atoms. The molecule has 4 N–H and O–H groups in total. The number of hydrogen-bond donors (Lipinski definition) is 2. The minimum atomic E-state index is 0.222. The first-order chi connectivity index (χ1) is 4.70. The van der Waals surface area contributed by atoms with Gasteiger partial charge in [0.05, 0.1) is 6.04 Å². The second-order valence-electron chi connectivity index (χ2n) is 2.99. The lowest BCUT2D eigenvalue weighted by molar-refractivity contribution is 0.274. The predicted molar refractivity (Wildman–Crippen MR) is 42.6 cm³/mol. The van der Waals surface area contributed by atoms with Crippen LogP contribution in [0.4, 0.5) is 0 Å². The van der Waals surface area contributed by atoms with Gasteiger partial charge in [-0.1, -0.05) is 6.42 Å².